The maximum Gasteiger partial charge on any atom is 0.507 e. The number of amides is 1. The quantitative estimate of drug-likeness (QED) is 0.202. The number of hydrogen-bond acceptors (Lipinski definition) is 8. The molecule has 10 nitrogen and oxygen atoms in total. The molecule has 21 heteroatoms. The third-order valence-corrected chi connectivity index (χ3v) is 8.78. The Morgan fingerprint density at radius 3 is 1.88 bits per heavy atom. The van der Waals surface area contributed by atoms with E-state index in [1.165, 1.54) is 7.05 Å². The van der Waals surface area contributed by atoms with E-state index in [0.29, 0.717) is 44.4 Å². The van der Waals surface area contributed by atoms with E-state index < -0.39 is 71.8 Å². The average molecular weight is 778 g/mol. The number of fused-ring (bicyclic) bond motifs is 1. The van der Waals surface area contributed by atoms with Gasteiger partial charge in [-0.25, -0.2) is 0 Å². The number of ether oxygens (including phenoxy) is 2. The highest BCUT2D eigenvalue weighted by Gasteiger charge is 2.66. The van der Waals surface area contributed by atoms with Crippen molar-refractivity contribution >= 4 is 29.9 Å². The van der Waals surface area contributed by atoms with Crippen LogP contribution in [0.1, 0.15) is 61.3 Å². The van der Waals surface area contributed by atoms with E-state index >= 15 is 0 Å². The van der Waals surface area contributed by atoms with Crippen LogP contribution in [0.3, 0.4) is 0 Å². The topological polar surface area (TPSA) is 112 Å². The third-order valence-electron chi connectivity index (χ3n) is 8.78. The number of rotatable bonds is 11. The Labute approximate surface area is 296 Å². The number of hydrogen-bond donors (Lipinski definition) is 1. The molecular weight excluding hydrogens is 744 g/mol. The molecule has 1 aliphatic carbocycles. The van der Waals surface area contributed by atoms with Gasteiger partial charge in [-0.3, -0.25) is 4.79 Å². The monoisotopic (exact) mass is 777 g/mol. The van der Waals surface area contributed by atoms with Crippen LogP contribution in [0.25, 0.3) is 0 Å². The SMILES string of the molecule is CCN(C[C@H]1CC[C@H](CC(N)=O)CC1)c1cc2c(cc1CN(Cc1cc(C(F)(F)F)cc(C(F)(F)F)c1)c1nnn(C)n1)OC(F)(F)C(F)(F)O2.Cl. The summed E-state index contributed by atoms with van der Waals surface area (Å²) in [6.45, 7) is 1.23. The Morgan fingerprint density at radius 1 is 0.865 bits per heavy atom. The van der Waals surface area contributed by atoms with Crippen LogP contribution in [-0.2, 0) is 37.3 Å². The number of aromatic nitrogens is 4. The standard InChI is InChI=1S/C31H33F10N7O3.ClH/c1-3-47(14-18-6-4-17(5-7-18)10-26(42)49)23-13-25-24(50-30(38,39)31(40,41)51-25)11-20(23)16-48(27-43-45-46(2)44-27)15-19-8-21(28(32,33)34)12-22(9-19)29(35,36)37;/h8-9,11-13,17-18H,3-7,10,14-16H2,1-2H3,(H2,42,49);1H/t17-,18-;. The van der Waals surface area contributed by atoms with Crippen LogP contribution in [0.15, 0.2) is 30.3 Å². The van der Waals surface area contributed by atoms with Crippen molar-refractivity contribution in [3.63, 3.8) is 0 Å². The third kappa shape index (κ3) is 9.22. The molecule has 52 heavy (non-hydrogen) atoms. The van der Waals surface area contributed by atoms with Crippen LogP contribution in [0.4, 0.5) is 55.5 Å². The normalized spacial score (nSPS) is 19.5. The lowest BCUT2D eigenvalue weighted by molar-refractivity contribution is -0.391. The summed E-state index contributed by atoms with van der Waals surface area (Å²) in [5.41, 5.74) is 2.05. The molecule has 0 spiro atoms. The fourth-order valence-electron chi connectivity index (χ4n) is 6.31. The fraction of sp³-hybridized carbons (Fsp3) is 0.548. The fourth-order valence-corrected chi connectivity index (χ4v) is 6.31. The summed E-state index contributed by atoms with van der Waals surface area (Å²) in [6, 6.07) is 3.10. The van der Waals surface area contributed by atoms with Gasteiger partial charge in [-0.15, -0.1) is 17.5 Å². The largest absolute Gasteiger partial charge is 0.507 e. The van der Waals surface area contributed by atoms with Crippen molar-refractivity contribution in [1.29, 1.82) is 0 Å². The molecule has 1 fully saturated rings. The van der Waals surface area contributed by atoms with Crippen molar-refractivity contribution in [3.8, 4) is 11.5 Å². The molecule has 1 saturated carbocycles. The van der Waals surface area contributed by atoms with Gasteiger partial charge in [-0.05, 0) is 85.0 Å². The number of anilines is 2. The van der Waals surface area contributed by atoms with E-state index in [1.54, 1.807) is 11.8 Å². The summed E-state index contributed by atoms with van der Waals surface area (Å²) in [5.74, 6) is -2.02. The van der Waals surface area contributed by atoms with Crippen LogP contribution in [-0.4, -0.2) is 51.4 Å². The van der Waals surface area contributed by atoms with Gasteiger partial charge in [-0.2, -0.15) is 48.7 Å². The Kier molecular flexibility index (Phi) is 11.7. The molecule has 0 unspecified atom stereocenters. The molecule has 0 bridgehead atoms. The minimum Gasteiger partial charge on any atom is -0.421 e. The second kappa shape index (κ2) is 15.0. The van der Waals surface area contributed by atoms with E-state index in [0.717, 1.165) is 21.8 Å². The lowest BCUT2D eigenvalue weighted by Crippen LogP contribution is -2.52. The highest BCUT2D eigenvalue weighted by atomic mass is 35.5. The molecule has 2 aromatic carbocycles. The van der Waals surface area contributed by atoms with Gasteiger partial charge in [0.05, 0.1) is 18.2 Å². The molecule has 2 heterocycles. The first-order valence-corrected chi connectivity index (χ1v) is 15.8. The first-order chi connectivity index (χ1) is 23.6. The Morgan fingerprint density at radius 2 is 1.40 bits per heavy atom. The molecule has 3 aromatic rings. The lowest BCUT2D eigenvalue weighted by atomic mass is 9.80. The van der Waals surface area contributed by atoms with Crippen LogP contribution in [0, 0.1) is 11.8 Å². The number of nitrogens with two attached hydrogens (primary N) is 1. The number of aryl methyl sites for hydroxylation is 1. The lowest BCUT2D eigenvalue weighted by Gasteiger charge is -2.36. The minimum atomic E-state index is -5.14. The maximum absolute atomic E-state index is 14.3. The van der Waals surface area contributed by atoms with Crippen molar-refractivity contribution in [1.82, 2.24) is 20.2 Å². The molecule has 1 amide bonds. The molecule has 0 saturated heterocycles. The number of carbonyl (C=O) groups excluding carboxylic acids is 1. The molecule has 1 aliphatic heterocycles. The number of halogens is 11. The predicted octanol–water partition coefficient (Wildman–Crippen LogP) is 7.34. The maximum atomic E-state index is 14.3. The molecule has 0 atom stereocenters. The molecular formula is C31H34ClF10N7O3. The highest BCUT2D eigenvalue weighted by Crippen LogP contribution is 2.49. The summed E-state index contributed by atoms with van der Waals surface area (Å²) < 4.78 is 148. The van der Waals surface area contributed by atoms with E-state index in [9.17, 15) is 48.7 Å². The minimum absolute atomic E-state index is 0. The van der Waals surface area contributed by atoms with Crippen LogP contribution in [0.2, 0.25) is 0 Å². The number of nitrogens with zero attached hydrogens (tertiary/aromatic N) is 6. The first-order valence-electron chi connectivity index (χ1n) is 15.8. The number of tetrazole rings is 1. The summed E-state index contributed by atoms with van der Waals surface area (Å²) >= 11 is 0. The van der Waals surface area contributed by atoms with Crippen molar-refractivity contribution in [2.75, 3.05) is 22.9 Å². The smallest absolute Gasteiger partial charge is 0.421 e. The van der Waals surface area contributed by atoms with Gasteiger partial charge in [0.2, 0.25) is 5.91 Å². The van der Waals surface area contributed by atoms with Gasteiger partial charge in [0.1, 0.15) is 0 Å². The number of primary amides is 1. The van der Waals surface area contributed by atoms with Gasteiger partial charge in [0.25, 0.3) is 5.95 Å². The van der Waals surface area contributed by atoms with Crippen LogP contribution >= 0.6 is 12.4 Å². The Hall–Kier alpha value is -4.23. The van der Waals surface area contributed by atoms with Crippen molar-refractivity contribution < 1.29 is 58.2 Å². The van der Waals surface area contributed by atoms with E-state index in [4.69, 9.17) is 5.73 Å². The second-order valence-corrected chi connectivity index (χ2v) is 12.6. The molecule has 288 valence electrons. The van der Waals surface area contributed by atoms with E-state index in [2.05, 4.69) is 24.9 Å². The Bertz CT molecular complexity index is 1700. The average Bonchev–Trinajstić information content (AvgIpc) is 3.45. The van der Waals surface area contributed by atoms with Gasteiger partial charge in [0.15, 0.2) is 11.5 Å². The number of carbonyl (C=O) groups is 1. The number of alkyl halides is 10. The van der Waals surface area contributed by atoms with E-state index in [1.807, 2.05) is 0 Å². The summed E-state index contributed by atoms with van der Waals surface area (Å²) in [6.07, 6.45) is -17.4. The van der Waals surface area contributed by atoms with Crippen LogP contribution in [0.5, 0.6) is 11.5 Å². The molecule has 2 N–H and O–H groups in total. The second-order valence-electron chi connectivity index (χ2n) is 12.6. The van der Waals surface area contributed by atoms with E-state index in [-0.39, 0.29) is 60.5 Å². The summed E-state index contributed by atoms with van der Waals surface area (Å²) in [7, 11) is 1.36. The zero-order chi connectivity index (χ0) is 37.5. The van der Waals surface area contributed by atoms with Gasteiger partial charge in [0, 0.05) is 44.4 Å². The van der Waals surface area contributed by atoms with Gasteiger partial charge < -0.3 is 25.0 Å². The molecule has 5 rings (SSSR count). The summed E-state index contributed by atoms with van der Waals surface area (Å²) in [4.78, 5) is 15.3. The summed E-state index contributed by atoms with van der Waals surface area (Å²) in [5, 5.41) is 11.6. The zero-order valence-corrected chi connectivity index (χ0v) is 28.4. The molecule has 2 aliphatic rings. The number of benzene rings is 2. The van der Waals surface area contributed by atoms with Crippen molar-refractivity contribution in [3.05, 3.63) is 52.6 Å². The molecule has 1 aromatic heterocycles. The Balaban J connectivity index is 0.00000605. The van der Waals surface area contributed by atoms with Crippen LogP contribution < -0.4 is 25.0 Å². The van der Waals surface area contributed by atoms with Gasteiger partial charge >= 0.3 is 24.6 Å². The zero-order valence-electron chi connectivity index (χ0n) is 27.6. The highest BCUT2D eigenvalue weighted by molar-refractivity contribution is 5.85. The van der Waals surface area contributed by atoms with Crippen molar-refractivity contribution in [2.24, 2.45) is 24.6 Å². The predicted molar refractivity (Wildman–Crippen MR) is 167 cm³/mol. The molecule has 0 radical (unpaired) electrons. The van der Waals surface area contributed by atoms with Gasteiger partial charge in [-0.1, -0.05) is 5.10 Å². The van der Waals surface area contributed by atoms with Crippen molar-refractivity contribution in [2.45, 2.75) is 76.7 Å². The first kappa shape index (κ1) is 40.5.